The Bertz CT molecular complexity index is 909. The van der Waals surface area contributed by atoms with Crippen molar-refractivity contribution < 1.29 is 22.7 Å². The number of halogens is 1. The standard InChI is InChI=1S/C18H18ClNO5S/c1-12(17(21)20-16-6-4-3-5-15(16)19)25-18(22)14-9-7-13(8-10-14)11-26(2,23)24/h3-10,12H,11H2,1-2H3,(H,20,21)/t12-/m0/s1. The Morgan fingerprint density at radius 1 is 1.12 bits per heavy atom. The molecule has 0 saturated heterocycles. The normalized spacial score (nSPS) is 12.3. The average Bonchev–Trinajstić information content (AvgIpc) is 2.56. The van der Waals surface area contributed by atoms with Gasteiger partial charge in [-0.15, -0.1) is 0 Å². The highest BCUT2D eigenvalue weighted by Gasteiger charge is 2.20. The lowest BCUT2D eigenvalue weighted by atomic mass is 10.1. The monoisotopic (exact) mass is 395 g/mol. The number of rotatable bonds is 6. The molecule has 8 heteroatoms. The highest BCUT2D eigenvalue weighted by Crippen LogP contribution is 2.20. The number of nitrogens with one attached hydrogen (secondary N) is 1. The SMILES string of the molecule is C[C@H](OC(=O)c1ccc(CS(C)(=O)=O)cc1)C(=O)Nc1ccccc1Cl. The van der Waals surface area contributed by atoms with Crippen LogP contribution in [0.15, 0.2) is 48.5 Å². The van der Waals surface area contributed by atoms with Crippen molar-refractivity contribution >= 4 is 39.0 Å². The maximum absolute atomic E-state index is 12.1. The molecule has 2 aromatic rings. The van der Waals surface area contributed by atoms with Crippen molar-refractivity contribution in [2.24, 2.45) is 0 Å². The molecule has 6 nitrogen and oxygen atoms in total. The molecular formula is C18H18ClNO5S. The summed E-state index contributed by atoms with van der Waals surface area (Å²) in [7, 11) is -3.15. The number of sulfone groups is 1. The van der Waals surface area contributed by atoms with E-state index in [2.05, 4.69) is 5.32 Å². The molecule has 0 aliphatic heterocycles. The fraction of sp³-hybridized carbons (Fsp3) is 0.222. The Labute approximate surface area is 157 Å². The van der Waals surface area contributed by atoms with Crippen LogP contribution in [0, 0.1) is 0 Å². The molecule has 0 fully saturated rings. The summed E-state index contributed by atoms with van der Waals surface area (Å²) >= 11 is 5.97. The zero-order chi connectivity index (χ0) is 19.3. The van der Waals surface area contributed by atoms with E-state index in [0.717, 1.165) is 6.26 Å². The van der Waals surface area contributed by atoms with Gasteiger partial charge >= 0.3 is 5.97 Å². The summed E-state index contributed by atoms with van der Waals surface area (Å²) in [6.07, 6.45) is 0.100. The smallest absolute Gasteiger partial charge is 0.338 e. The third-order valence-corrected chi connectivity index (χ3v) is 4.59. The first kappa shape index (κ1) is 19.9. The number of hydrogen-bond donors (Lipinski definition) is 1. The van der Waals surface area contributed by atoms with Gasteiger partial charge in [0.25, 0.3) is 5.91 Å². The average molecular weight is 396 g/mol. The van der Waals surface area contributed by atoms with Crippen molar-refractivity contribution in [3.8, 4) is 0 Å². The first-order valence-electron chi connectivity index (χ1n) is 7.69. The number of carbonyl (C=O) groups excluding carboxylic acids is 2. The predicted molar refractivity (Wildman–Crippen MR) is 99.9 cm³/mol. The second-order valence-electron chi connectivity index (χ2n) is 5.78. The second-order valence-corrected chi connectivity index (χ2v) is 8.33. The van der Waals surface area contributed by atoms with Gasteiger partial charge in [0.15, 0.2) is 15.9 Å². The highest BCUT2D eigenvalue weighted by molar-refractivity contribution is 7.89. The molecule has 0 aromatic heterocycles. The molecule has 1 N–H and O–H groups in total. The molecule has 0 spiro atoms. The van der Waals surface area contributed by atoms with Gasteiger partial charge < -0.3 is 10.1 Å². The van der Waals surface area contributed by atoms with Gasteiger partial charge in [-0.3, -0.25) is 4.79 Å². The molecule has 138 valence electrons. The lowest BCUT2D eigenvalue weighted by molar-refractivity contribution is -0.123. The van der Waals surface area contributed by atoms with Crippen LogP contribution in [0.2, 0.25) is 5.02 Å². The fourth-order valence-corrected chi connectivity index (χ4v) is 3.10. The van der Waals surface area contributed by atoms with Gasteiger partial charge in [-0.25, -0.2) is 13.2 Å². The Kier molecular flexibility index (Phi) is 6.39. The molecule has 0 bridgehead atoms. The van der Waals surface area contributed by atoms with Gasteiger partial charge in [0.1, 0.15) is 0 Å². The lowest BCUT2D eigenvalue weighted by Gasteiger charge is -2.14. The van der Waals surface area contributed by atoms with Gasteiger partial charge in [-0.05, 0) is 36.8 Å². The first-order valence-corrected chi connectivity index (χ1v) is 10.1. The van der Waals surface area contributed by atoms with Gasteiger partial charge in [0.05, 0.1) is 22.0 Å². The van der Waals surface area contributed by atoms with Crippen LogP contribution in [0.4, 0.5) is 5.69 Å². The molecule has 0 saturated carbocycles. The van der Waals surface area contributed by atoms with Gasteiger partial charge in [-0.1, -0.05) is 35.9 Å². The lowest BCUT2D eigenvalue weighted by Crippen LogP contribution is -2.30. The van der Waals surface area contributed by atoms with Crippen molar-refractivity contribution in [1.29, 1.82) is 0 Å². The van der Waals surface area contributed by atoms with Crippen molar-refractivity contribution in [2.45, 2.75) is 18.8 Å². The van der Waals surface area contributed by atoms with Crippen LogP contribution in [-0.2, 0) is 25.1 Å². The molecular weight excluding hydrogens is 378 g/mol. The van der Waals surface area contributed by atoms with E-state index in [1.54, 1.807) is 24.3 Å². The summed E-state index contributed by atoms with van der Waals surface area (Å²) in [5, 5.41) is 2.96. The number of esters is 1. The maximum atomic E-state index is 12.1. The topological polar surface area (TPSA) is 89.5 Å². The Hall–Kier alpha value is -2.38. The molecule has 0 radical (unpaired) electrons. The van der Waals surface area contributed by atoms with E-state index in [9.17, 15) is 18.0 Å². The van der Waals surface area contributed by atoms with Crippen LogP contribution in [-0.4, -0.2) is 32.7 Å². The molecule has 0 aliphatic carbocycles. The summed E-state index contributed by atoms with van der Waals surface area (Å²) in [4.78, 5) is 24.3. The predicted octanol–water partition coefficient (Wildman–Crippen LogP) is 3.07. The van der Waals surface area contributed by atoms with Crippen LogP contribution in [0.25, 0.3) is 0 Å². The number of hydrogen-bond acceptors (Lipinski definition) is 5. The molecule has 1 amide bonds. The largest absolute Gasteiger partial charge is 0.449 e. The summed E-state index contributed by atoms with van der Waals surface area (Å²) in [6, 6.07) is 12.7. The number of benzene rings is 2. The summed E-state index contributed by atoms with van der Waals surface area (Å²) in [6.45, 7) is 1.45. The fourth-order valence-electron chi connectivity index (χ4n) is 2.12. The molecule has 0 aliphatic rings. The van der Waals surface area contributed by atoms with E-state index in [4.69, 9.17) is 16.3 Å². The number of anilines is 1. The number of para-hydroxylation sites is 1. The van der Waals surface area contributed by atoms with E-state index < -0.39 is 27.8 Å². The second kappa shape index (κ2) is 8.33. The summed E-state index contributed by atoms with van der Waals surface area (Å²) in [5.74, 6) is -1.31. The Morgan fingerprint density at radius 2 is 1.73 bits per heavy atom. The molecule has 1 atom stereocenters. The van der Waals surface area contributed by atoms with Crippen LogP contribution in [0.5, 0.6) is 0 Å². The van der Waals surface area contributed by atoms with Gasteiger partial charge in [0.2, 0.25) is 0 Å². The van der Waals surface area contributed by atoms with Crippen LogP contribution >= 0.6 is 11.6 Å². The van der Waals surface area contributed by atoms with Crippen molar-refractivity contribution in [3.05, 3.63) is 64.7 Å². The van der Waals surface area contributed by atoms with Crippen molar-refractivity contribution in [2.75, 3.05) is 11.6 Å². The van der Waals surface area contributed by atoms with Crippen LogP contribution < -0.4 is 5.32 Å². The third kappa shape index (κ3) is 5.86. The van der Waals surface area contributed by atoms with Crippen molar-refractivity contribution in [3.63, 3.8) is 0 Å². The van der Waals surface area contributed by atoms with Crippen LogP contribution in [0.3, 0.4) is 0 Å². The van der Waals surface area contributed by atoms with E-state index in [1.807, 2.05) is 0 Å². The minimum absolute atomic E-state index is 0.112. The van der Waals surface area contributed by atoms with Crippen molar-refractivity contribution in [1.82, 2.24) is 0 Å². The molecule has 2 rings (SSSR count). The molecule has 26 heavy (non-hydrogen) atoms. The first-order chi connectivity index (χ1) is 12.2. The zero-order valence-corrected chi connectivity index (χ0v) is 15.8. The van der Waals surface area contributed by atoms with E-state index in [1.165, 1.54) is 31.2 Å². The minimum atomic E-state index is -3.15. The number of carbonyl (C=O) groups is 2. The zero-order valence-electron chi connectivity index (χ0n) is 14.2. The third-order valence-electron chi connectivity index (χ3n) is 3.40. The molecule has 2 aromatic carbocycles. The Morgan fingerprint density at radius 3 is 2.31 bits per heavy atom. The highest BCUT2D eigenvalue weighted by atomic mass is 35.5. The maximum Gasteiger partial charge on any atom is 0.338 e. The van der Waals surface area contributed by atoms with Gasteiger partial charge in [-0.2, -0.15) is 0 Å². The summed E-state index contributed by atoms with van der Waals surface area (Å²) in [5.41, 5.74) is 1.21. The minimum Gasteiger partial charge on any atom is -0.449 e. The van der Waals surface area contributed by atoms with E-state index in [-0.39, 0.29) is 11.3 Å². The molecule has 0 unspecified atom stereocenters. The quantitative estimate of drug-likeness (QED) is 0.759. The van der Waals surface area contributed by atoms with E-state index in [0.29, 0.717) is 16.3 Å². The van der Waals surface area contributed by atoms with E-state index >= 15 is 0 Å². The van der Waals surface area contributed by atoms with Crippen LogP contribution in [0.1, 0.15) is 22.8 Å². The Balaban J connectivity index is 1.98. The number of amides is 1. The number of ether oxygens (including phenoxy) is 1. The summed E-state index contributed by atoms with van der Waals surface area (Å²) < 4.78 is 27.7. The molecule has 0 heterocycles. The van der Waals surface area contributed by atoms with Gasteiger partial charge in [0, 0.05) is 6.26 Å².